The number of thiophene rings is 1. The fraction of sp³-hybridized carbons (Fsp3) is 0.111. The number of hydrogen-bond acceptors (Lipinski definition) is 1. The molecule has 0 spiro atoms. The molecule has 0 N–H and O–H groups in total. The van der Waals surface area contributed by atoms with Crippen LogP contribution in [-0.4, -0.2) is 0 Å². The van der Waals surface area contributed by atoms with E-state index >= 15 is 0 Å². The molecule has 0 fully saturated rings. The van der Waals surface area contributed by atoms with Gasteiger partial charge in [-0.2, -0.15) is 13.2 Å². The molecular formula is C9H4ClF3S. The summed E-state index contributed by atoms with van der Waals surface area (Å²) < 4.78 is 37.5. The van der Waals surface area contributed by atoms with Crippen molar-refractivity contribution < 1.29 is 13.2 Å². The summed E-state index contributed by atoms with van der Waals surface area (Å²) >= 11 is 6.39. The summed E-state index contributed by atoms with van der Waals surface area (Å²) in [4.78, 5) is -0.588. The average molecular weight is 237 g/mol. The van der Waals surface area contributed by atoms with Crippen molar-refractivity contribution in [3.05, 3.63) is 34.2 Å². The molecule has 2 aromatic rings. The zero-order chi connectivity index (χ0) is 10.3. The second-order valence-electron chi connectivity index (χ2n) is 2.79. The van der Waals surface area contributed by atoms with Gasteiger partial charge in [-0.05, 0) is 29.7 Å². The van der Waals surface area contributed by atoms with Crippen LogP contribution in [0.1, 0.15) is 4.88 Å². The Kier molecular flexibility index (Phi) is 2.20. The van der Waals surface area contributed by atoms with Gasteiger partial charge in [0, 0.05) is 9.72 Å². The number of alkyl halides is 3. The van der Waals surface area contributed by atoms with Gasteiger partial charge in [0.25, 0.3) is 0 Å². The summed E-state index contributed by atoms with van der Waals surface area (Å²) in [5, 5.41) is 0.985. The topological polar surface area (TPSA) is 0 Å². The third-order valence-electron chi connectivity index (χ3n) is 1.76. The highest BCUT2D eigenvalue weighted by atomic mass is 35.5. The van der Waals surface area contributed by atoms with Crippen LogP contribution in [0.25, 0.3) is 10.1 Å². The van der Waals surface area contributed by atoms with Crippen molar-refractivity contribution in [1.82, 2.24) is 0 Å². The molecule has 0 unspecified atom stereocenters. The molecule has 14 heavy (non-hydrogen) atoms. The zero-order valence-electron chi connectivity index (χ0n) is 6.73. The minimum atomic E-state index is -4.27. The molecule has 1 aromatic heterocycles. The Labute approximate surface area is 86.9 Å². The van der Waals surface area contributed by atoms with Crippen LogP contribution < -0.4 is 0 Å². The molecule has 0 bridgehead atoms. The van der Waals surface area contributed by atoms with Crippen LogP contribution in [0.15, 0.2) is 24.3 Å². The molecule has 1 heterocycles. The van der Waals surface area contributed by atoms with Gasteiger partial charge in [0.05, 0.1) is 0 Å². The third kappa shape index (κ3) is 1.72. The van der Waals surface area contributed by atoms with E-state index in [2.05, 4.69) is 0 Å². The van der Waals surface area contributed by atoms with Crippen molar-refractivity contribution in [3.8, 4) is 0 Å². The summed E-state index contributed by atoms with van der Waals surface area (Å²) in [7, 11) is 0. The Balaban J connectivity index is 2.63. The summed E-state index contributed by atoms with van der Waals surface area (Å²) in [6, 6.07) is 5.83. The van der Waals surface area contributed by atoms with Gasteiger partial charge in [0.2, 0.25) is 0 Å². The van der Waals surface area contributed by atoms with E-state index in [0.29, 0.717) is 15.1 Å². The van der Waals surface area contributed by atoms with Gasteiger partial charge < -0.3 is 0 Å². The number of rotatable bonds is 0. The van der Waals surface area contributed by atoms with E-state index in [1.165, 1.54) is 6.07 Å². The summed E-state index contributed by atoms with van der Waals surface area (Å²) in [6.07, 6.45) is -4.27. The lowest BCUT2D eigenvalue weighted by Gasteiger charge is -1.99. The predicted molar refractivity (Wildman–Crippen MR) is 51.8 cm³/mol. The lowest BCUT2D eigenvalue weighted by atomic mass is 10.2. The predicted octanol–water partition coefficient (Wildman–Crippen LogP) is 4.57. The van der Waals surface area contributed by atoms with Crippen molar-refractivity contribution in [2.45, 2.75) is 6.18 Å². The first kappa shape index (κ1) is 9.80. The van der Waals surface area contributed by atoms with Crippen LogP contribution >= 0.6 is 22.9 Å². The van der Waals surface area contributed by atoms with Crippen LogP contribution in [0.4, 0.5) is 13.2 Å². The van der Waals surface area contributed by atoms with E-state index in [1.54, 1.807) is 12.1 Å². The number of hydrogen-bond donors (Lipinski definition) is 0. The SMILES string of the molecule is FC(F)(F)c1cc2cc(Cl)ccc2s1. The summed E-state index contributed by atoms with van der Waals surface area (Å²) in [5.41, 5.74) is 0. The van der Waals surface area contributed by atoms with Crippen LogP contribution in [0.5, 0.6) is 0 Å². The van der Waals surface area contributed by atoms with E-state index in [9.17, 15) is 13.2 Å². The molecule has 0 amide bonds. The van der Waals surface area contributed by atoms with Gasteiger partial charge in [0.15, 0.2) is 0 Å². The molecule has 0 saturated carbocycles. The molecular weight excluding hydrogens is 233 g/mol. The van der Waals surface area contributed by atoms with E-state index in [-0.39, 0.29) is 0 Å². The molecule has 0 atom stereocenters. The van der Waals surface area contributed by atoms with Crippen LogP contribution in [0.2, 0.25) is 5.02 Å². The number of halogens is 4. The Hall–Kier alpha value is -0.740. The maximum Gasteiger partial charge on any atom is 0.425 e. The first-order valence-electron chi connectivity index (χ1n) is 3.73. The van der Waals surface area contributed by atoms with Crippen molar-refractivity contribution >= 4 is 33.0 Å². The Morgan fingerprint density at radius 1 is 1.14 bits per heavy atom. The van der Waals surface area contributed by atoms with Gasteiger partial charge in [-0.25, -0.2) is 0 Å². The molecule has 0 aliphatic rings. The van der Waals surface area contributed by atoms with E-state index in [0.717, 1.165) is 17.4 Å². The lowest BCUT2D eigenvalue weighted by molar-refractivity contribution is -0.134. The van der Waals surface area contributed by atoms with Gasteiger partial charge >= 0.3 is 6.18 Å². The van der Waals surface area contributed by atoms with Crippen molar-refractivity contribution in [2.24, 2.45) is 0 Å². The Bertz CT molecular complexity index is 472. The van der Waals surface area contributed by atoms with Crippen molar-refractivity contribution in [2.75, 3.05) is 0 Å². The highest BCUT2D eigenvalue weighted by molar-refractivity contribution is 7.19. The highest BCUT2D eigenvalue weighted by Gasteiger charge is 2.32. The van der Waals surface area contributed by atoms with Gasteiger partial charge in [-0.15, -0.1) is 11.3 Å². The normalized spacial score (nSPS) is 12.3. The van der Waals surface area contributed by atoms with Crippen molar-refractivity contribution in [3.63, 3.8) is 0 Å². The van der Waals surface area contributed by atoms with Gasteiger partial charge in [-0.1, -0.05) is 11.6 Å². The molecule has 0 nitrogen and oxygen atoms in total. The summed E-state index contributed by atoms with van der Waals surface area (Å²) in [5.74, 6) is 0. The minimum absolute atomic E-state index is 0.448. The molecule has 0 aliphatic heterocycles. The molecule has 2 rings (SSSR count). The average Bonchev–Trinajstić information content (AvgIpc) is 2.45. The van der Waals surface area contributed by atoms with E-state index in [4.69, 9.17) is 11.6 Å². The second-order valence-corrected chi connectivity index (χ2v) is 4.31. The quantitative estimate of drug-likeness (QED) is 0.628. The van der Waals surface area contributed by atoms with Gasteiger partial charge in [0.1, 0.15) is 4.88 Å². The molecule has 1 aromatic carbocycles. The Morgan fingerprint density at radius 2 is 1.86 bits per heavy atom. The fourth-order valence-corrected chi connectivity index (χ4v) is 2.24. The molecule has 0 saturated heterocycles. The largest absolute Gasteiger partial charge is 0.425 e. The number of benzene rings is 1. The monoisotopic (exact) mass is 236 g/mol. The zero-order valence-corrected chi connectivity index (χ0v) is 8.30. The van der Waals surface area contributed by atoms with E-state index < -0.39 is 11.1 Å². The maximum atomic E-state index is 12.3. The first-order chi connectivity index (χ1) is 6.47. The minimum Gasteiger partial charge on any atom is -0.165 e. The third-order valence-corrected chi connectivity index (χ3v) is 3.15. The van der Waals surface area contributed by atoms with Gasteiger partial charge in [-0.3, -0.25) is 0 Å². The smallest absolute Gasteiger partial charge is 0.165 e. The molecule has 0 aliphatic carbocycles. The lowest BCUT2D eigenvalue weighted by Crippen LogP contribution is -2.00. The molecule has 74 valence electrons. The van der Waals surface area contributed by atoms with Crippen LogP contribution in [-0.2, 0) is 6.18 Å². The second kappa shape index (κ2) is 3.14. The first-order valence-corrected chi connectivity index (χ1v) is 4.92. The maximum absolute atomic E-state index is 12.3. The number of fused-ring (bicyclic) bond motifs is 1. The Morgan fingerprint density at radius 3 is 2.50 bits per heavy atom. The van der Waals surface area contributed by atoms with E-state index in [1.807, 2.05) is 0 Å². The fourth-order valence-electron chi connectivity index (χ4n) is 1.15. The van der Waals surface area contributed by atoms with Crippen molar-refractivity contribution in [1.29, 1.82) is 0 Å². The standard InChI is InChI=1S/C9H4ClF3S/c10-6-1-2-7-5(3-6)4-8(14-7)9(11,12)13/h1-4H. The van der Waals surface area contributed by atoms with Crippen LogP contribution in [0, 0.1) is 0 Å². The molecule has 0 radical (unpaired) electrons. The highest BCUT2D eigenvalue weighted by Crippen LogP contribution is 2.38. The van der Waals surface area contributed by atoms with Crippen LogP contribution in [0.3, 0.4) is 0 Å². The summed E-state index contributed by atoms with van der Waals surface area (Å²) in [6.45, 7) is 0. The molecule has 5 heteroatoms.